The van der Waals surface area contributed by atoms with Gasteiger partial charge in [-0.2, -0.15) is 0 Å². The van der Waals surface area contributed by atoms with Crippen molar-refractivity contribution in [2.24, 2.45) is 0 Å². The smallest absolute Gasteiger partial charge is 0.261 e. The van der Waals surface area contributed by atoms with Gasteiger partial charge in [-0.3, -0.25) is 19.3 Å². The monoisotopic (exact) mass is 411 g/mol. The summed E-state index contributed by atoms with van der Waals surface area (Å²) >= 11 is 6.16. The summed E-state index contributed by atoms with van der Waals surface area (Å²) in [5, 5.41) is 0.264. The van der Waals surface area contributed by atoms with Gasteiger partial charge in [-0.05, 0) is 44.6 Å². The minimum atomic E-state index is -0.371. The third kappa shape index (κ3) is 2.79. The quantitative estimate of drug-likeness (QED) is 0.630. The van der Waals surface area contributed by atoms with Crippen molar-refractivity contribution in [2.45, 2.75) is 18.9 Å². The Morgan fingerprint density at radius 2 is 1.93 bits per heavy atom. The first-order chi connectivity index (χ1) is 13.9. The van der Waals surface area contributed by atoms with Gasteiger partial charge in [0.05, 0.1) is 33.2 Å². The topological polar surface area (TPSA) is 102 Å². The molecule has 1 fully saturated rings. The number of rotatable bonds is 2. The predicted molar refractivity (Wildman–Crippen MR) is 108 cm³/mol. The summed E-state index contributed by atoms with van der Waals surface area (Å²) in [4.78, 5) is 51.8. The van der Waals surface area contributed by atoms with Crippen molar-refractivity contribution in [3.8, 4) is 11.4 Å². The zero-order valence-corrected chi connectivity index (χ0v) is 16.4. The molecule has 1 atom stereocenters. The number of hydrogen-bond donors (Lipinski definition) is 2. The van der Waals surface area contributed by atoms with Crippen molar-refractivity contribution < 1.29 is 9.59 Å². The van der Waals surface area contributed by atoms with Crippen LogP contribution in [0.15, 0.2) is 29.2 Å². The standard InChI is InChI=1S/C20H18ClN5O3/c1-25-6-2-3-10(9-25)26-19(28)11-7-14-15(8-12(11)20(26)29)24-17(23-14)16-13(21)4-5-22-18(16)27/h4-5,7-8,10H,2-3,6,9H2,1H3,(H,22,27)(H,23,24). The average Bonchev–Trinajstić information content (AvgIpc) is 3.19. The van der Waals surface area contributed by atoms with Gasteiger partial charge in [-0.15, -0.1) is 0 Å². The number of imidazole rings is 1. The van der Waals surface area contributed by atoms with Crippen molar-refractivity contribution in [1.82, 2.24) is 24.8 Å². The van der Waals surface area contributed by atoms with E-state index in [1.807, 2.05) is 7.05 Å². The SMILES string of the molecule is CN1CCCC(N2C(=O)c3cc4nc(-c5c(Cl)cc[nH]c5=O)[nH]c4cc3C2=O)C1. The summed E-state index contributed by atoms with van der Waals surface area (Å²) in [6.45, 7) is 1.65. The summed E-state index contributed by atoms with van der Waals surface area (Å²) in [7, 11) is 2.00. The first kappa shape index (κ1) is 18.1. The Hall–Kier alpha value is -2.97. The second-order valence-corrected chi connectivity index (χ2v) is 7.98. The van der Waals surface area contributed by atoms with Crippen LogP contribution in [0.3, 0.4) is 0 Å². The van der Waals surface area contributed by atoms with Gasteiger partial charge in [0.1, 0.15) is 11.4 Å². The molecule has 0 spiro atoms. The van der Waals surface area contributed by atoms with E-state index in [2.05, 4.69) is 19.9 Å². The van der Waals surface area contributed by atoms with Gasteiger partial charge in [0.2, 0.25) is 0 Å². The Balaban J connectivity index is 1.57. The van der Waals surface area contributed by atoms with Crippen molar-refractivity contribution in [1.29, 1.82) is 0 Å². The van der Waals surface area contributed by atoms with E-state index < -0.39 is 0 Å². The number of aromatic nitrogens is 3. The molecule has 8 nitrogen and oxygen atoms in total. The van der Waals surface area contributed by atoms with Crippen molar-refractivity contribution in [3.63, 3.8) is 0 Å². The highest BCUT2D eigenvalue weighted by Crippen LogP contribution is 2.32. The summed E-state index contributed by atoms with van der Waals surface area (Å²) in [6.07, 6.45) is 3.22. The van der Waals surface area contributed by atoms with Crippen molar-refractivity contribution in [3.05, 3.63) is 50.9 Å². The van der Waals surface area contributed by atoms with Gasteiger partial charge < -0.3 is 14.9 Å². The van der Waals surface area contributed by atoms with E-state index in [1.165, 1.54) is 11.1 Å². The molecule has 2 aliphatic heterocycles. The molecule has 3 aromatic rings. The lowest BCUT2D eigenvalue weighted by Crippen LogP contribution is -2.49. The van der Waals surface area contributed by atoms with Gasteiger partial charge in [0, 0.05) is 12.7 Å². The highest BCUT2D eigenvalue weighted by molar-refractivity contribution is 6.33. The number of likely N-dealkylation sites (tertiary alicyclic amines) is 1. The fourth-order valence-corrected chi connectivity index (χ4v) is 4.48. The molecular weight excluding hydrogens is 394 g/mol. The first-order valence-corrected chi connectivity index (χ1v) is 9.79. The largest absolute Gasteiger partial charge is 0.338 e. The zero-order valence-electron chi connectivity index (χ0n) is 15.7. The Labute approximate surface area is 170 Å². The van der Waals surface area contributed by atoms with Crippen molar-refractivity contribution in [2.75, 3.05) is 20.1 Å². The lowest BCUT2D eigenvalue weighted by Gasteiger charge is -2.34. The molecule has 0 saturated carbocycles. The number of benzene rings is 1. The van der Waals surface area contributed by atoms with Gasteiger partial charge in [0.25, 0.3) is 17.4 Å². The third-order valence-corrected chi connectivity index (χ3v) is 5.95. The Morgan fingerprint density at radius 1 is 1.17 bits per heavy atom. The predicted octanol–water partition coefficient (Wildman–Crippen LogP) is 2.26. The molecule has 2 aromatic heterocycles. The molecule has 1 saturated heterocycles. The summed E-state index contributed by atoms with van der Waals surface area (Å²) in [5.41, 5.74) is 1.63. The van der Waals surface area contributed by atoms with Crippen LogP contribution in [0.25, 0.3) is 22.4 Å². The number of hydrogen-bond acceptors (Lipinski definition) is 5. The highest BCUT2D eigenvalue weighted by atomic mass is 35.5. The van der Waals surface area contributed by atoms with Crippen LogP contribution in [0, 0.1) is 0 Å². The molecule has 9 heteroatoms. The maximum Gasteiger partial charge on any atom is 0.261 e. The zero-order chi connectivity index (χ0) is 20.3. The lowest BCUT2D eigenvalue weighted by molar-refractivity contribution is 0.0503. The molecule has 0 aliphatic carbocycles. The van der Waals surface area contributed by atoms with E-state index in [1.54, 1.807) is 18.2 Å². The van der Waals surface area contributed by atoms with E-state index in [9.17, 15) is 14.4 Å². The average molecular weight is 412 g/mol. The molecule has 0 bridgehead atoms. The van der Waals surface area contributed by atoms with Crippen LogP contribution in [0.1, 0.15) is 33.6 Å². The van der Waals surface area contributed by atoms with Crippen molar-refractivity contribution >= 4 is 34.4 Å². The number of carbonyl (C=O) groups is 2. The van der Waals surface area contributed by atoms with Crippen LogP contribution >= 0.6 is 11.6 Å². The summed E-state index contributed by atoms with van der Waals surface area (Å²) < 4.78 is 0. The van der Waals surface area contributed by atoms with E-state index >= 15 is 0 Å². The highest BCUT2D eigenvalue weighted by Gasteiger charge is 2.41. The number of nitrogens with zero attached hydrogens (tertiary/aromatic N) is 3. The molecule has 29 heavy (non-hydrogen) atoms. The Kier molecular flexibility index (Phi) is 4.07. The molecule has 5 rings (SSSR count). The minimum Gasteiger partial charge on any atom is -0.338 e. The van der Waals surface area contributed by atoms with Gasteiger partial charge in [0.15, 0.2) is 0 Å². The van der Waals surface area contributed by atoms with Crippen LogP contribution < -0.4 is 5.56 Å². The number of piperidine rings is 1. The fraction of sp³-hybridized carbons (Fsp3) is 0.300. The molecule has 0 radical (unpaired) electrons. The van der Waals surface area contributed by atoms with Crippen LogP contribution in [-0.2, 0) is 0 Å². The number of nitrogens with one attached hydrogen (secondary N) is 2. The van der Waals surface area contributed by atoms with E-state index in [-0.39, 0.29) is 34.0 Å². The van der Waals surface area contributed by atoms with Gasteiger partial charge in [-0.1, -0.05) is 11.6 Å². The number of amides is 2. The second kappa shape index (κ2) is 6.53. The number of fused-ring (bicyclic) bond motifs is 2. The second-order valence-electron chi connectivity index (χ2n) is 7.57. The maximum atomic E-state index is 13.0. The molecule has 2 amide bonds. The molecule has 2 N–H and O–H groups in total. The normalized spacial score (nSPS) is 19.9. The van der Waals surface area contributed by atoms with Crippen LogP contribution in [-0.4, -0.2) is 62.7 Å². The van der Waals surface area contributed by atoms with Gasteiger partial charge >= 0.3 is 0 Å². The molecule has 1 aromatic carbocycles. The maximum absolute atomic E-state index is 13.0. The Bertz CT molecular complexity index is 1180. The summed E-state index contributed by atoms with van der Waals surface area (Å²) in [5.74, 6) is -0.271. The molecule has 2 aliphatic rings. The van der Waals surface area contributed by atoms with Crippen LogP contribution in [0.5, 0.6) is 0 Å². The fourth-order valence-electron chi connectivity index (χ4n) is 4.24. The third-order valence-electron chi connectivity index (χ3n) is 5.63. The minimum absolute atomic E-state index is 0.121. The number of imide groups is 1. The van der Waals surface area contributed by atoms with E-state index in [0.29, 0.717) is 34.5 Å². The number of halogens is 1. The molecule has 4 heterocycles. The molecule has 1 unspecified atom stereocenters. The molecular formula is C20H18ClN5O3. The number of pyridine rings is 1. The number of carbonyl (C=O) groups excluding carboxylic acids is 2. The number of aromatic amines is 2. The van der Waals surface area contributed by atoms with Crippen LogP contribution in [0.4, 0.5) is 0 Å². The van der Waals surface area contributed by atoms with E-state index in [0.717, 1.165) is 19.4 Å². The van der Waals surface area contributed by atoms with Crippen LogP contribution in [0.2, 0.25) is 5.02 Å². The number of likely N-dealkylation sites (N-methyl/N-ethyl adjacent to an activating group) is 1. The Morgan fingerprint density at radius 3 is 2.66 bits per heavy atom. The number of H-pyrrole nitrogens is 2. The first-order valence-electron chi connectivity index (χ1n) is 9.42. The summed E-state index contributed by atoms with van der Waals surface area (Å²) in [6, 6.07) is 4.70. The lowest BCUT2D eigenvalue weighted by atomic mass is 10.0. The van der Waals surface area contributed by atoms with E-state index in [4.69, 9.17) is 11.6 Å². The molecule has 148 valence electrons. The van der Waals surface area contributed by atoms with Gasteiger partial charge in [-0.25, -0.2) is 4.98 Å².